The number of rotatable bonds is 4. The minimum absolute atomic E-state index is 0.142. The third kappa shape index (κ3) is 3.48. The zero-order chi connectivity index (χ0) is 18.1. The number of benzene rings is 1. The van der Waals surface area contributed by atoms with Crippen molar-refractivity contribution < 1.29 is 13.2 Å². The van der Waals surface area contributed by atoms with E-state index in [1.165, 1.54) is 0 Å². The maximum atomic E-state index is 12.8. The van der Waals surface area contributed by atoms with Crippen molar-refractivity contribution in [3.8, 4) is 0 Å². The van der Waals surface area contributed by atoms with Crippen LogP contribution in [0.15, 0.2) is 18.2 Å². The zero-order valence-corrected chi connectivity index (χ0v) is 16.1. The van der Waals surface area contributed by atoms with Crippen molar-refractivity contribution in [2.45, 2.75) is 69.5 Å². The molecule has 26 heavy (non-hydrogen) atoms. The first-order valence-corrected chi connectivity index (χ1v) is 11.6. The Kier molecular flexibility index (Phi) is 4.95. The van der Waals surface area contributed by atoms with Gasteiger partial charge in [-0.3, -0.25) is 9.52 Å². The number of nitrogens with one attached hydrogen (secondary N) is 1. The van der Waals surface area contributed by atoms with Gasteiger partial charge in [0.2, 0.25) is 15.9 Å². The quantitative estimate of drug-likeness (QED) is 0.868. The van der Waals surface area contributed by atoms with Gasteiger partial charge in [0.05, 0.1) is 10.9 Å². The van der Waals surface area contributed by atoms with Crippen LogP contribution in [0.1, 0.15) is 63.4 Å². The van der Waals surface area contributed by atoms with Crippen LogP contribution in [-0.2, 0) is 21.2 Å². The fourth-order valence-electron chi connectivity index (χ4n) is 4.69. The van der Waals surface area contributed by atoms with E-state index < -0.39 is 10.0 Å². The summed E-state index contributed by atoms with van der Waals surface area (Å²) in [5.41, 5.74) is 2.61. The van der Waals surface area contributed by atoms with Crippen molar-refractivity contribution >= 4 is 27.3 Å². The molecule has 6 heteroatoms. The van der Waals surface area contributed by atoms with E-state index in [1.54, 1.807) is 0 Å². The van der Waals surface area contributed by atoms with Crippen LogP contribution in [0.25, 0.3) is 0 Å². The van der Waals surface area contributed by atoms with Gasteiger partial charge in [0.1, 0.15) is 0 Å². The van der Waals surface area contributed by atoms with Crippen LogP contribution in [0, 0.1) is 5.92 Å². The van der Waals surface area contributed by atoms with Crippen LogP contribution in [0.4, 0.5) is 11.4 Å². The maximum Gasteiger partial charge on any atom is 0.235 e. The van der Waals surface area contributed by atoms with E-state index in [4.69, 9.17) is 0 Å². The molecule has 1 heterocycles. The number of anilines is 2. The molecule has 3 aliphatic rings. The summed E-state index contributed by atoms with van der Waals surface area (Å²) in [5, 5.41) is -0.291. The molecule has 0 spiro atoms. The van der Waals surface area contributed by atoms with Crippen molar-refractivity contribution in [1.82, 2.24) is 0 Å². The van der Waals surface area contributed by atoms with Crippen LogP contribution in [0.2, 0.25) is 0 Å². The molecule has 0 bridgehead atoms. The molecule has 1 aromatic carbocycles. The largest absolute Gasteiger partial charge is 0.312 e. The highest BCUT2D eigenvalue weighted by molar-refractivity contribution is 7.93. The second-order valence-electron chi connectivity index (χ2n) is 7.97. The van der Waals surface area contributed by atoms with E-state index in [-0.39, 0.29) is 17.1 Å². The number of hydrogen-bond donors (Lipinski definition) is 1. The van der Waals surface area contributed by atoms with Crippen molar-refractivity contribution in [3.63, 3.8) is 0 Å². The van der Waals surface area contributed by atoms with Gasteiger partial charge in [0.15, 0.2) is 0 Å². The lowest BCUT2D eigenvalue weighted by Gasteiger charge is -2.24. The van der Waals surface area contributed by atoms with E-state index in [0.717, 1.165) is 75.5 Å². The topological polar surface area (TPSA) is 66.5 Å². The van der Waals surface area contributed by atoms with Gasteiger partial charge in [-0.1, -0.05) is 38.2 Å². The van der Waals surface area contributed by atoms with Gasteiger partial charge in [0, 0.05) is 18.2 Å². The number of nitrogens with zero attached hydrogens (tertiary/aromatic N) is 1. The first-order valence-electron chi connectivity index (χ1n) is 10.0. The fourth-order valence-corrected chi connectivity index (χ4v) is 6.26. The van der Waals surface area contributed by atoms with Gasteiger partial charge in [-0.15, -0.1) is 0 Å². The standard InChI is InChI=1S/C20H28N2O3S/c23-20(16-6-4-5-7-16)22-13-12-15-10-11-17(14-19(15)22)21-26(24,25)18-8-2-1-3-9-18/h10-11,14,16,18,21H,1-9,12-13H2. The number of hydrogen-bond acceptors (Lipinski definition) is 3. The molecule has 2 aliphatic carbocycles. The molecule has 1 amide bonds. The summed E-state index contributed by atoms with van der Waals surface area (Å²) >= 11 is 0. The second-order valence-corrected chi connectivity index (χ2v) is 9.93. The SMILES string of the molecule is O=C(C1CCCC1)N1CCc2ccc(NS(=O)(=O)C3CCCCC3)cc21. The van der Waals surface area contributed by atoms with Crippen LogP contribution in [0.5, 0.6) is 0 Å². The summed E-state index contributed by atoms with van der Waals surface area (Å²) in [5.74, 6) is 0.358. The lowest BCUT2D eigenvalue weighted by molar-refractivity contribution is -0.122. The Labute approximate surface area is 156 Å². The van der Waals surface area contributed by atoms with Gasteiger partial charge < -0.3 is 4.90 Å². The maximum absolute atomic E-state index is 12.8. The Morgan fingerprint density at radius 2 is 1.69 bits per heavy atom. The van der Waals surface area contributed by atoms with Crippen LogP contribution in [0.3, 0.4) is 0 Å². The summed E-state index contributed by atoms with van der Waals surface area (Å²) in [6.45, 7) is 0.712. The molecular weight excluding hydrogens is 348 g/mol. The molecule has 4 rings (SSSR count). The molecule has 0 atom stereocenters. The lowest BCUT2D eigenvalue weighted by Crippen LogP contribution is -2.34. The number of sulfonamides is 1. The average Bonchev–Trinajstić information content (AvgIpc) is 3.31. The Morgan fingerprint density at radius 1 is 1.00 bits per heavy atom. The average molecular weight is 377 g/mol. The van der Waals surface area contributed by atoms with Crippen LogP contribution in [-0.4, -0.2) is 26.1 Å². The molecular formula is C20H28N2O3S. The Balaban J connectivity index is 1.53. The highest BCUT2D eigenvalue weighted by Crippen LogP contribution is 2.36. The Hall–Kier alpha value is -1.56. The molecule has 5 nitrogen and oxygen atoms in total. The minimum atomic E-state index is -3.36. The second kappa shape index (κ2) is 7.22. The molecule has 1 N–H and O–H groups in total. The third-order valence-electron chi connectivity index (χ3n) is 6.20. The van der Waals surface area contributed by atoms with Crippen molar-refractivity contribution in [2.75, 3.05) is 16.2 Å². The molecule has 2 saturated carbocycles. The third-order valence-corrected chi connectivity index (χ3v) is 8.07. The first kappa shape index (κ1) is 17.8. The van der Waals surface area contributed by atoms with Crippen LogP contribution < -0.4 is 9.62 Å². The molecule has 0 saturated heterocycles. The Morgan fingerprint density at radius 3 is 2.42 bits per heavy atom. The normalized spacial score (nSPS) is 21.8. The molecule has 0 aromatic heterocycles. The monoisotopic (exact) mass is 376 g/mol. The number of fused-ring (bicyclic) bond motifs is 1. The minimum Gasteiger partial charge on any atom is -0.312 e. The molecule has 142 valence electrons. The van der Waals surface area contributed by atoms with Gasteiger partial charge in [-0.2, -0.15) is 0 Å². The van der Waals surface area contributed by atoms with Crippen molar-refractivity contribution in [2.24, 2.45) is 5.92 Å². The predicted octanol–water partition coefficient (Wildman–Crippen LogP) is 3.84. The first-order chi connectivity index (χ1) is 12.5. The van der Waals surface area contributed by atoms with E-state index in [2.05, 4.69) is 4.72 Å². The molecule has 1 aliphatic heterocycles. The molecule has 2 fully saturated rings. The summed E-state index contributed by atoms with van der Waals surface area (Å²) in [7, 11) is -3.36. The summed E-state index contributed by atoms with van der Waals surface area (Å²) in [6, 6.07) is 5.66. The van der Waals surface area contributed by atoms with Crippen LogP contribution >= 0.6 is 0 Å². The highest BCUT2D eigenvalue weighted by atomic mass is 32.2. The van der Waals surface area contributed by atoms with Crippen molar-refractivity contribution in [3.05, 3.63) is 23.8 Å². The van der Waals surface area contributed by atoms with Gasteiger partial charge in [-0.25, -0.2) is 8.42 Å². The number of amides is 1. The predicted molar refractivity (Wildman–Crippen MR) is 104 cm³/mol. The van der Waals surface area contributed by atoms with E-state index in [9.17, 15) is 13.2 Å². The summed E-state index contributed by atoms with van der Waals surface area (Å²) < 4.78 is 28.2. The summed E-state index contributed by atoms with van der Waals surface area (Å²) in [6.07, 6.45) is 9.68. The van der Waals surface area contributed by atoms with Crippen molar-refractivity contribution in [1.29, 1.82) is 0 Å². The van der Waals surface area contributed by atoms with E-state index >= 15 is 0 Å². The Bertz CT molecular complexity index is 778. The van der Waals surface area contributed by atoms with E-state index in [0.29, 0.717) is 12.2 Å². The molecule has 1 aromatic rings. The zero-order valence-electron chi connectivity index (χ0n) is 15.2. The lowest BCUT2D eigenvalue weighted by atomic mass is 10.0. The fraction of sp³-hybridized carbons (Fsp3) is 0.650. The van der Waals surface area contributed by atoms with Gasteiger partial charge in [0.25, 0.3) is 0 Å². The highest BCUT2D eigenvalue weighted by Gasteiger charge is 2.32. The number of carbonyl (C=O) groups is 1. The molecule has 0 radical (unpaired) electrons. The van der Waals surface area contributed by atoms with E-state index in [1.807, 2.05) is 23.1 Å². The van der Waals surface area contributed by atoms with Gasteiger partial charge >= 0.3 is 0 Å². The van der Waals surface area contributed by atoms with Gasteiger partial charge in [-0.05, 0) is 49.8 Å². The number of carbonyl (C=O) groups excluding carboxylic acids is 1. The smallest absolute Gasteiger partial charge is 0.235 e. The molecule has 0 unspecified atom stereocenters. The summed E-state index contributed by atoms with van der Waals surface area (Å²) in [4.78, 5) is 14.7.